The van der Waals surface area contributed by atoms with Crippen molar-refractivity contribution in [1.29, 1.82) is 0 Å². The van der Waals surface area contributed by atoms with Crippen LogP contribution in [-0.2, 0) is 11.3 Å². The number of nitrogens with one attached hydrogen (secondary N) is 1. The first-order valence-electron chi connectivity index (χ1n) is 6.53. The number of nitrogens with zero attached hydrogens (tertiary/aromatic N) is 1. The van der Waals surface area contributed by atoms with Crippen LogP contribution in [0.5, 0.6) is 5.75 Å². The number of hydrogen-bond donors (Lipinski definition) is 2. The Bertz CT molecular complexity index is 437. The van der Waals surface area contributed by atoms with Crippen molar-refractivity contribution in [2.75, 3.05) is 13.1 Å². The molecule has 1 aliphatic rings. The van der Waals surface area contributed by atoms with Crippen molar-refractivity contribution in [2.24, 2.45) is 0 Å². The molecule has 1 saturated heterocycles. The molecule has 2 N–H and O–H groups in total. The quantitative estimate of drug-likeness (QED) is 0.893. The van der Waals surface area contributed by atoms with Crippen molar-refractivity contribution >= 4 is 17.5 Å². The number of benzene rings is 1. The molecule has 0 aliphatic carbocycles. The van der Waals surface area contributed by atoms with E-state index in [1.807, 2.05) is 4.90 Å². The highest BCUT2D eigenvalue weighted by molar-refractivity contribution is 6.31. The first kappa shape index (κ1) is 14.2. The maximum absolute atomic E-state index is 11.2. The highest BCUT2D eigenvalue weighted by Crippen LogP contribution is 2.25. The smallest absolute Gasteiger partial charge is 0.219 e. The molecule has 4 nitrogen and oxygen atoms in total. The first-order chi connectivity index (χ1) is 9.08. The topological polar surface area (TPSA) is 52.6 Å². The highest BCUT2D eigenvalue weighted by atomic mass is 35.5. The standard InChI is InChI=1S/C14H19ClN2O2/c1-10(18)17-7-5-11(6-8-17)16-9-12-13(15)3-2-4-14(12)19/h2-4,11,16,19H,5-9H2,1H3. The highest BCUT2D eigenvalue weighted by Gasteiger charge is 2.20. The number of hydrogen-bond acceptors (Lipinski definition) is 3. The molecule has 19 heavy (non-hydrogen) atoms. The summed E-state index contributed by atoms with van der Waals surface area (Å²) in [7, 11) is 0. The summed E-state index contributed by atoms with van der Waals surface area (Å²) in [5, 5.41) is 13.7. The molecule has 1 heterocycles. The van der Waals surface area contributed by atoms with Crippen molar-refractivity contribution in [3.8, 4) is 5.75 Å². The van der Waals surface area contributed by atoms with Crippen LogP contribution in [0, 0.1) is 0 Å². The molecule has 0 spiro atoms. The van der Waals surface area contributed by atoms with Crippen LogP contribution in [0.1, 0.15) is 25.3 Å². The summed E-state index contributed by atoms with van der Waals surface area (Å²) in [5.74, 6) is 0.364. The predicted octanol–water partition coefficient (Wildman–Crippen LogP) is 2.15. The van der Waals surface area contributed by atoms with Crippen LogP contribution in [-0.4, -0.2) is 35.0 Å². The minimum Gasteiger partial charge on any atom is -0.508 e. The van der Waals surface area contributed by atoms with E-state index in [0.29, 0.717) is 17.6 Å². The Morgan fingerprint density at radius 2 is 2.16 bits per heavy atom. The normalized spacial score (nSPS) is 16.6. The number of aromatic hydroxyl groups is 1. The fraction of sp³-hybridized carbons (Fsp3) is 0.500. The van der Waals surface area contributed by atoms with Gasteiger partial charge >= 0.3 is 0 Å². The second-order valence-corrected chi connectivity index (χ2v) is 5.31. The van der Waals surface area contributed by atoms with Crippen molar-refractivity contribution < 1.29 is 9.90 Å². The Hall–Kier alpha value is -1.26. The zero-order valence-electron chi connectivity index (χ0n) is 11.0. The number of halogens is 1. The lowest BCUT2D eigenvalue weighted by Crippen LogP contribution is -2.43. The number of rotatable bonds is 3. The van der Waals surface area contributed by atoms with E-state index in [9.17, 15) is 9.90 Å². The van der Waals surface area contributed by atoms with E-state index < -0.39 is 0 Å². The van der Waals surface area contributed by atoms with Gasteiger partial charge in [0.25, 0.3) is 0 Å². The third-order valence-corrected chi connectivity index (χ3v) is 3.96. The Labute approximate surface area is 118 Å². The van der Waals surface area contributed by atoms with E-state index >= 15 is 0 Å². The van der Waals surface area contributed by atoms with Gasteiger partial charge in [-0.05, 0) is 25.0 Å². The van der Waals surface area contributed by atoms with Crippen molar-refractivity contribution in [3.05, 3.63) is 28.8 Å². The molecule has 5 heteroatoms. The Balaban J connectivity index is 1.86. The SMILES string of the molecule is CC(=O)N1CCC(NCc2c(O)cccc2Cl)CC1. The van der Waals surface area contributed by atoms with Crippen molar-refractivity contribution in [2.45, 2.75) is 32.4 Å². The zero-order valence-corrected chi connectivity index (χ0v) is 11.8. The molecule has 1 aromatic rings. The van der Waals surface area contributed by atoms with Gasteiger partial charge in [-0.25, -0.2) is 0 Å². The van der Waals surface area contributed by atoms with E-state index in [2.05, 4.69) is 5.32 Å². The molecule has 2 rings (SSSR count). The molecule has 0 radical (unpaired) electrons. The van der Waals surface area contributed by atoms with E-state index in [1.54, 1.807) is 25.1 Å². The van der Waals surface area contributed by atoms with Crippen LogP contribution >= 0.6 is 11.6 Å². The van der Waals surface area contributed by atoms with E-state index in [-0.39, 0.29) is 11.7 Å². The third-order valence-electron chi connectivity index (χ3n) is 3.60. The van der Waals surface area contributed by atoms with E-state index in [0.717, 1.165) is 31.5 Å². The number of carbonyl (C=O) groups excluding carboxylic acids is 1. The summed E-state index contributed by atoms with van der Waals surface area (Å²) in [6.45, 7) is 3.74. The molecule has 1 amide bonds. The zero-order chi connectivity index (χ0) is 13.8. The monoisotopic (exact) mass is 282 g/mol. The largest absolute Gasteiger partial charge is 0.508 e. The molecular formula is C14H19ClN2O2. The average molecular weight is 283 g/mol. The maximum atomic E-state index is 11.2. The van der Waals surface area contributed by atoms with Gasteiger partial charge in [0.15, 0.2) is 0 Å². The average Bonchev–Trinajstić information content (AvgIpc) is 2.38. The van der Waals surface area contributed by atoms with Crippen LogP contribution in [0.4, 0.5) is 0 Å². The van der Waals surface area contributed by atoms with Crippen LogP contribution in [0.15, 0.2) is 18.2 Å². The number of likely N-dealkylation sites (tertiary alicyclic amines) is 1. The van der Waals surface area contributed by atoms with Crippen molar-refractivity contribution in [1.82, 2.24) is 10.2 Å². The van der Waals surface area contributed by atoms with Gasteiger partial charge in [-0.2, -0.15) is 0 Å². The summed E-state index contributed by atoms with van der Waals surface area (Å²) in [6.07, 6.45) is 1.87. The van der Waals surface area contributed by atoms with Crippen LogP contribution < -0.4 is 5.32 Å². The van der Waals surface area contributed by atoms with Crippen molar-refractivity contribution in [3.63, 3.8) is 0 Å². The first-order valence-corrected chi connectivity index (χ1v) is 6.91. The lowest BCUT2D eigenvalue weighted by Gasteiger charge is -2.32. The minimum atomic E-state index is 0.141. The van der Waals surface area contributed by atoms with Gasteiger partial charge in [0, 0.05) is 43.2 Å². The van der Waals surface area contributed by atoms with Gasteiger partial charge < -0.3 is 15.3 Å². The van der Waals surface area contributed by atoms with E-state index in [1.165, 1.54) is 0 Å². The molecule has 1 fully saturated rings. The van der Waals surface area contributed by atoms with Gasteiger partial charge in [-0.15, -0.1) is 0 Å². The summed E-state index contributed by atoms with van der Waals surface area (Å²) < 4.78 is 0. The molecule has 0 saturated carbocycles. The summed E-state index contributed by atoms with van der Waals surface area (Å²) in [6, 6.07) is 5.51. The van der Waals surface area contributed by atoms with Gasteiger partial charge in [0.1, 0.15) is 5.75 Å². The lowest BCUT2D eigenvalue weighted by molar-refractivity contribution is -0.129. The van der Waals surface area contributed by atoms with Gasteiger partial charge in [-0.3, -0.25) is 4.79 Å². The molecule has 0 unspecified atom stereocenters. The lowest BCUT2D eigenvalue weighted by atomic mass is 10.0. The second-order valence-electron chi connectivity index (χ2n) is 4.90. The third kappa shape index (κ3) is 3.61. The summed E-state index contributed by atoms with van der Waals surface area (Å²) in [4.78, 5) is 13.1. The molecule has 1 aromatic carbocycles. The molecule has 1 aliphatic heterocycles. The van der Waals surface area contributed by atoms with Gasteiger partial charge in [0.2, 0.25) is 5.91 Å². The summed E-state index contributed by atoms with van der Waals surface area (Å²) in [5.41, 5.74) is 0.734. The molecule has 0 aromatic heterocycles. The molecule has 0 bridgehead atoms. The van der Waals surface area contributed by atoms with Crippen LogP contribution in [0.3, 0.4) is 0 Å². The van der Waals surface area contributed by atoms with E-state index in [4.69, 9.17) is 11.6 Å². The Morgan fingerprint density at radius 1 is 1.47 bits per heavy atom. The van der Waals surface area contributed by atoms with Crippen LogP contribution in [0.2, 0.25) is 5.02 Å². The predicted molar refractivity (Wildman–Crippen MR) is 75.2 cm³/mol. The van der Waals surface area contributed by atoms with Gasteiger partial charge in [0.05, 0.1) is 0 Å². The molecule has 104 valence electrons. The number of phenols is 1. The number of phenolic OH excluding ortho intramolecular Hbond substituents is 1. The Morgan fingerprint density at radius 3 is 2.74 bits per heavy atom. The Kier molecular flexibility index (Phi) is 4.66. The minimum absolute atomic E-state index is 0.141. The van der Waals surface area contributed by atoms with Crippen LogP contribution in [0.25, 0.3) is 0 Å². The number of amides is 1. The second kappa shape index (κ2) is 6.26. The van der Waals surface area contributed by atoms with Gasteiger partial charge in [-0.1, -0.05) is 17.7 Å². The summed E-state index contributed by atoms with van der Waals surface area (Å²) >= 11 is 6.06. The fourth-order valence-corrected chi connectivity index (χ4v) is 2.60. The maximum Gasteiger partial charge on any atom is 0.219 e. The fourth-order valence-electron chi connectivity index (χ4n) is 2.37. The molecule has 0 atom stereocenters. The molecular weight excluding hydrogens is 264 g/mol. The number of carbonyl (C=O) groups is 1. The number of piperidine rings is 1.